The summed E-state index contributed by atoms with van der Waals surface area (Å²) >= 11 is 6.30. The Morgan fingerprint density at radius 2 is 2.00 bits per heavy atom. The van der Waals surface area contributed by atoms with Crippen molar-refractivity contribution in [3.8, 4) is 5.75 Å². The zero-order chi connectivity index (χ0) is 14.5. The lowest BCUT2D eigenvalue weighted by Gasteiger charge is -2.29. The van der Waals surface area contributed by atoms with E-state index in [2.05, 4.69) is 6.92 Å². The van der Waals surface area contributed by atoms with Gasteiger partial charge in [-0.05, 0) is 57.1 Å². The van der Waals surface area contributed by atoms with Crippen LogP contribution in [0, 0.1) is 5.92 Å². The molecule has 3 heteroatoms. The number of hydrogen-bond donors (Lipinski definition) is 1. The molecule has 0 amide bonds. The molecule has 0 heterocycles. The van der Waals surface area contributed by atoms with Crippen molar-refractivity contribution in [2.45, 2.75) is 64.5 Å². The summed E-state index contributed by atoms with van der Waals surface area (Å²) in [6, 6.07) is 5.99. The van der Waals surface area contributed by atoms with Crippen LogP contribution < -0.4 is 10.5 Å². The molecule has 0 aliphatic heterocycles. The average molecular weight is 296 g/mol. The van der Waals surface area contributed by atoms with Gasteiger partial charge in [-0.3, -0.25) is 0 Å². The molecule has 20 heavy (non-hydrogen) atoms. The van der Waals surface area contributed by atoms with Gasteiger partial charge in [-0.15, -0.1) is 0 Å². The Balaban J connectivity index is 2.04. The third kappa shape index (κ3) is 4.13. The summed E-state index contributed by atoms with van der Waals surface area (Å²) in [6.07, 6.45) is 7.27. The Kier molecular flexibility index (Phi) is 5.74. The molecule has 1 saturated carbocycles. The fourth-order valence-corrected chi connectivity index (χ4v) is 3.25. The first kappa shape index (κ1) is 15.7. The number of rotatable bonds is 5. The van der Waals surface area contributed by atoms with E-state index in [-0.39, 0.29) is 6.04 Å². The summed E-state index contributed by atoms with van der Waals surface area (Å²) in [5, 5.41) is 0.766. The van der Waals surface area contributed by atoms with Gasteiger partial charge in [-0.25, -0.2) is 0 Å². The fraction of sp³-hybridized carbons (Fsp3) is 0.647. The van der Waals surface area contributed by atoms with E-state index in [0.717, 1.165) is 41.5 Å². The van der Waals surface area contributed by atoms with E-state index in [1.165, 1.54) is 19.3 Å². The average Bonchev–Trinajstić information content (AvgIpc) is 2.43. The highest BCUT2D eigenvalue weighted by Gasteiger charge is 2.22. The van der Waals surface area contributed by atoms with Crippen LogP contribution in [0.5, 0.6) is 5.75 Å². The first-order valence-corrected chi connectivity index (χ1v) is 8.17. The molecule has 0 bridgehead atoms. The van der Waals surface area contributed by atoms with Gasteiger partial charge in [0.05, 0.1) is 6.10 Å². The number of benzene rings is 1. The van der Waals surface area contributed by atoms with Gasteiger partial charge in [0.15, 0.2) is 0 Å². The van der Waals surface area contributed by atoms with E-state index >= 15 is 0 Å². The van der Waals surface area contributed by atoms with Crippen LogP contribution in [-0.4, -0.2) is 12.1 Å². The molecule has 0 spiro atoms. The van der Waals surface area contributed by atoms with E-state index in [1.807, 2.05) is 25.1 Å². The van der Waals surface area contributed by atoms with Crippen LogP contribution in [0.4, 0.5) is 0 Å². The van der Waals surface area contributed by atoms with Crippen LogP contribution >= 0.6 is 11.6 Å². The first-order valence-electron chi connectivity index (χ1n) is 7.79. The minimum absolute atomic E-state index is 0.0908. The van der Waals surface area contributed by atoms with E-state index in [4.69, 9.17) is 22.1 Å². The molecule has 1 aliphatic carbocycles. The maximum absolute atomic E-state index is 6.30. The van der Waals surface area contributed by atoms with Crippen molar-refractivity contribution in [1.29, 1.82) is 0 Å². The second kappa shape index (κ2) is 7.33. The molecule has 1 aliphatic rings. The lowest BCUT2D eigenvalue weighted by molar-refractivity contribution is 0.128. The molecule has 112 valence electrons. The predicted octanol–water partition coefficient (Wildman–Crippen LogP) is 4.58. The maximum Gasteiger partial charge on any atom is 0.124 e. The van der Waals surface area contributed by atoms with Gasteiger partial charge in [-0.1, -0.05) is 31.0 Å². The van der Waals surface area contributed by atoms with Crippen LogP contribution in [0.25, 0.3) is 0 Å². The minimum Gasteiger partial charge on any atom is -0.490 e. The van der Waals surface area contributed by atoms with Gasteiger partial charge in [0, 0.05) is 16.6 Å². The topological polar surface area (TPSA) is 35.2 Å². The zero-order valence-electron chi connectivity index (χ0n) is 12.6. The largest absolute Gasteiger partial charge is 0.490 e. The van der Waals surface area contributed by atoms with Crippen LogP contribution in [0.1, 0.15) is 51.5 Å². The molecule has 0 saturated heterocycles. The highest BCUT2D eigenvalue weighted by atomic mass is 35.5. The molecule has 1 unspecified atom stereocenters. The monoisotopic (exact) mass is 295 g/mol. The van der Waals surface area contributed by atoms with Crippen molar-refractivity contribution in [1.82, 2.24) is 0 Å². The van der Waals surface area contributed by atoms with Crippen molar-refractivity contribution in [3.63, 3.8) is 0 Å². The Labute approximate surface area is 127 Å². The standard InChI is InChI=1S/C17H26ClNO/c1-3-13-7-9-14(10-8-13)20-17-6-4-5-16(18)15(17)11-12(2)19/h4-6,12-14H,3,7-11,19H2,1-2H3. The third-order valence-corrected chi connectivity index (χ3v) is 4.62. The molecule has 1 fully saturated rings. The van der Waals surface area contributed by atoms with E-state index in [9.17, 15) is 0 Å². The number of ether oxygens (including phenoxy) is 1. The summed E-state index contributed by atoms with van der Waals surface area (Å²) < 4.78 is 6.22. The summed E-state index contributed by atoms with van der Waals surface area (Å²) in [5.74, 6) is 1.81. The molecule has 2 nitrogen and oxygen atoms in total. The lowest BCUT2D eigenvalue weighted by atomic mass is 9.86. The van der Waals surface area contributed by atoms with E-state index in [1.54, 1.807) is 0 Å². The normalized spacial score (nSPS) is 24.4. The van der Waals surface area contributed by atoms with Crippen LogP contribution in [0.3, 0.4) is 0 Å². The van der Waals surface area contributed by atoms with Crippen molar-refractivity contribution in [3.05, 3.63) is 28.8 Å². The second-order valence-corrected chi connectivity index (χ2v) is 6.47. The smallest absolute Gasteiger partial charge is 0.124 e. The van der Waals surface area contributed by atoms with Gasteiger partial charge >= 0.3 is 0 Å². The van der Waals surface area contributed by atoms with Crippen molar-refractivity contribution >= 4 is 11.6 Å². The van der Waals surface area contributed by atoms with Gasteiger partial charge in [-0.2, -0.15) is 0 Å². The minimum atomic E-state index is 0.0908. The van der Waals surface area contributed by atoms with Gasteiger partial charge in [0.2, 0.25) is 0 Å². The predicted molar refractivity (Wildman–Crippen MR) is 85.5 cm³/mol. The van der Waals surface area contributed by atoms with Crippen molar-refractivity contribution in [2.75, 3.05) is 0 Å². The van der Waals surface area contributed by atoms with Gasteiger partial charge in [0.25, 0.3) is 0 Å². The summed E-state index contributed by atoms with van der Waals surface area (Å²) in [4.78, 5) is 0. The van der Waals surface area contributed by atoms with Crippen molar-refractivity contribution < 1.29 is 4.74 Å². The molecule has 2 rings (SSSR count). The molecule has 0 radical (unpaired) electrons. The Morgan fingerprint density at radius 3 is 2.60 bits per heavy atom. The van der Waals surface area contributed by atoms with Crippen LogP contribution in [-0.2, 0) is 6.42 Å². The number of halogens is 1. The molecule has 1 aromatic carbocycles. The second-order valence-electron chi connectivity index (χ2n) is 6.07. The quantitative estimate of drug-likeness (QED) is 0.863. The Morgan fingerprint density at radius 1 is 1.30 bits per heavy atom. The maximum atomic E-state index is 6.30. The molecule has 2 N–H and O–H groups in total. The number of hydrogen-bond acceptors (Lipinski definition) is 2. The van der Waals surface area contributed by atoms with Crippen LogP contribution in [0.15, 0.2) is 18.2 Å². The first-order chi connectivity index (χ1) is 9.60. The van der Waals surface area contributed by atoms with E-state index in [0.29, 0.717) is 6.10 Å². The summed E-state index contributed by atoms with van der Waals surface area (Å²) in [6.45, 7) is 4.28. The van der Waals surface area contributed by atoms with Gasteiger partial charge in [0.1, 0.15) is 5.75 Å². The third-order valence-electron chi connectivity index (χ3n) is 4.27. The van der Waals surface area contributed by atoms with Crippen LogP contribution in [0.2, 0.25) is 5.02 Å². The molecule has 0 aromatic heterocycles. The molecular formula is C17H26ClNO. The number of nitrogens with two attached hydrogens (primary N) is 1. The summed E-state index contributed by atoms with van der Waals surface area (Å²) in [5.41, 5.74) is 6.97. The zero-order valence-corrected chi connectivity index (χ0v) is 13.3. The molecular weight excluding hydrogens is 270 g/mol. The fourth-order valence-electron chi connectivity index (χ4n) is 3.01. The SMILES string of the molecule is CCC1CCC(Oc2cccc(Cl)c2CC(C)N)CC1. The molecule has 1 atom stereocenters. The Bertz CT molecular complexity index is 425. The lowest BCUT2D eigenvalue weighted by Crippen LogP contribution is -2.25. The van der Waals surface area contributed by atoms with Crippen molar-refractivity contribution in [2.24, 2.45) is 11.7 Å². The summed E-state index contributed by atoms with van der Waals surface area (Å²) in [7, 11) is 0. The molecule has 1 aromatic rings. The highest BCUT2D eigenvalue weighted by molar-refractivity contribution is 6.31. The highest BCUT2D eigenvalue weighted by Crippen LogP contribution is 2.33. The van der Waals surface area contributed by atoms with Gasteiger partial charge < -0.3 is 10.5 Å². The van der Waals surface area contributed by atoms with E-state index < -0.39 is 0 Å². The Hall–Kier alpha value is -0.730.